The molecular weight excluding hydrogens is 224 g/mol. The van der Waals surface area contributed by atoms with Crippen molar-refractivity contribution in [2.24, 2.45) is 5.92 Å². The number of carboxylic acid groups (broad SMARTS) is 1. The fraction of sp³-hybridized carbons (Fsp3) is 0.818. The highest BCUT2D eigenvalue weighted by molar-refractivity contribution is 5.75. The lowest BCUT2D eigenvalue weighted by Crippen LogP contribution is -2.49. The van der Waals surface area contributed by atoms with Crippen LogP contribution in [0.5, 0.6) is 0 Å². The Balaban J connectivity index is 2.48. The van der Waals surface area contributed by atoms with Gasteiger partial charge in [0.2, 0.25) is 0 Å². The number of likely N-dealkylation sites (N-methyl/N-ethyl adjacent to an activating group) is 1. The minimum atomic E-state index is -0.783. The first-order valence-electron chi connectivity index (χ1n) is 5.82. The number of likely N-dealkylation sites (tertiary alicyclic amines) is 1. The molecule has 6 heteroatoms. The summed E-state index contributed by atoms with van der Waals surface area (Å²) in [6.45, 7) is 2.63. The maximum atomic E-state index is 12.0. The van der Waals surface area contributed by atoms with Gasteiger partial charge in [-0.15, -0.1) is 0 Å². The van der Waals surface area contributed by atoms with Crippen molar-refractivity contribution in [2.45, 2.75) is 25.8 Å². The predicted molar refractivity (Wildman–Crippen MR) is 61.6 cm³/mol. The third kappa shape index (κ3) is 3.33. The number of urea groups is 1. The Morgan fingerprint density at radius 2 is 1.94 bits per heavy atom. The number of amides is 2. The topological polar surface area (TPSA) is 81.1 Å². The zero-order valence-electron chi connectivity index (χ0n) is 10.3. The number of carbonyl (C=O) groups is 2. The van der Waals surface area contributed by atoms with Crippen molar-refractivity contribution in [3.05, 3.63) is 0 Å². The average molecular weight is 244 g/mol. The lowest BCUT2D eigenvalue weighted by atomic mass is 9.97. The molecule has 1 fully saturated rings. The second-order valence-corrected chi connectivity index (χ2v) is 4.52. The molecule has 6 nitrogen and oxygen atoms in total. The molecule has 0 bridgehead atoms. The van der Waals surface area contributed by atoms with Crippen LogP contribution >= 0.6 is 0 Å². The molecule has 0 spiro atoms. The van der Waals surface area contributed by atoms with Gasteiger partial charge in [-0.05, 0) is 19.8 Å². The van der Waals surface area contributed by atoms with Crippen LogP contribution in [0.15, 0.2) is 0 Å². The Kier molecular flexibility index (Phi) is 4.74. The van der Waals surface area contributed by atoms with Crippen LogP contribution in [-0.2, 0) is 4.79 Å². The van der Waals surface area contributed by atoms with E-state index in [0.717, 1.165) is 0 Å². The summed E-state index contributed by atoms with van der Waals surface area (Å²) in [5, 5.41) is 17.8. The van der Waals surface area contributed by atoms with Gasteiger partial charge in [0, 0.05) is 20.1 Å². The summed E-state index contributed by atoms with van der Waals surface area (Å²) in [5.41, 5.74) is 0. The van der Waals surface area contributed by atoms with E-state index in [2.05, 4.69) is 0 Å². The van der Waals surface area contributed by atoms with Crippen molar-refractivity contribution in [3.63, 3.8) is 0 Å². The molecule has 0 saturated carbocycles. The quantitative estimate of drug-likeness (QED) is 0.744. The van der Waals surface area contributed by atoms with Gasteiger partial charge in [0.05, 0.1) is 18.6 Å². The zero-order chi connectivity index (χ0) is 13.0. The number of piperidine rings is 1. The van der Waals surface area contributed by atoms with Crippen LogP contribution in [0.2, 0.25) is 0 Å². The van der Waals surface area contributed by atoms with Gasteiger partial charge in [-0.1, -0.05) is 0 Å². The standard InChI is InChI=1S/C11H20N2O4/c1-8(7-14)12(2)11(17)13-5-3-9(4-6-13)10(15)16/h8-9,14H,3-7H2,1-2H3,(H,15,16). The van der Waals surface area contributed by atoms with E-state index in [4.69, 9.17) is 10.2 Å². The summed E-state index contributed by atoms with van der Waals surface area (Å²) in [6.07, 6.45) is 1.00. The molecule has 98 valence electrons. The first kappa shape index (κ1) is 13.8. The van der Waals surface area contributed by atoms with Crippen LogP contribution in [0.3, 0.4) is 0 Å². The Hall–Kier alpha value is -1.30. The summed E-state index contributed by atoms with van der Waals surface area (Å²) in [6, 6.07) is -0.366. The van der Waals surface area contributed by atoms with Crippen LogP contribution in [0.25, 0.3) is 0 Å². The van der Waals surface area contributed by atoms with Gasteiger partial charge < -0.3 is 20.0 Å². The van der Waals surface area contributed by atoms with Crippen molar-refractivity contribution in [1.82, 2.24) is 9.80 Å². The molecule has 1 aliphatic rings. The Labute approximate surface area is 101 Å². The lowest BCUT2D eigenvalue weighted by Gasteiger charge is -2.35. The van der Waals surface area contributed by atoms with E-state index in [0.29, 0.717) is 25.9 Å². The molecule has 2 amide bonds. The lowest BCUT2D eigenvalue weighted by molar-refractivity contribution is -0.143. The highest BCUT2D eigenvalue weighted by atomic mass is 16.4. The number of carboxylic acids is 1. The van der Waals surface area contributed by atoms with E-state index in [1.807, 2.05) is 0 Å². The summed E-state index contributed by atoms with van der Waals surface area (Å²) < 4.78 is 0. The summed E-state index contributed by atoms with van der Waals surface area (Å²) in [4.78, 5) is 25.9. The molecule has 0 aliphatic carbocycles. The molecule has 1 rings (SSSR count). The number of hydrogen-bond donors (Lipinski definition) is 2. The molecule has 1 atom stereocenters. The summed E-state index contributed by atoms with van der Waals surface area (Å²) in [5.74, 6) is -1.12. The molecule has 1 unspecified atom stereocenters. The third-order valence-corrected chi connectivity index (χ3v) is 3.34. The van der Waals surface area contributed by atoms with Crippen LogP contribution in [-0.4, -0.2) is 64.8 Å². The van der Waals surface area contributed by atoms with E-state index in [1.54, 1.807) is 18.9 Å². The smallest absolute Gasteiger partial charge is 0.320 e. The zero-order valence-corrected chi connectivity index (χ0v) is 10.3. The van der Waals surface area contributed by atoms with E-state index in [1.165, 1.54) is 4.90 Å². The molecule has 1 saturated heterocycles. The number of nitrogens with zero attached hydrogens (tertiary/aromatic N) is 2. The SMILES string of the molecule is CC(CO)N(C)C(=O)N1CCC(C(=O)O)CC1. The molecular formula is C11H20N2O4. The van der Waals surface area contributed by atoms with Crippen LogP contribution < -0.4 is 0 Å². The van der Waals surface area contributed by atoms with E-state index < -0.39 is 5.97 Å². The van der Waals surface area contributed by atoms with Crippen LogP contribution in [0.4, 0.5) is 4.79 Å². The van der Waals surface area contributed by atoms with Gasteiger partial charge in [-0.2, -0.15) is 0 Å². The molecule has 0 aromatic carbocycles. The minimum absolute atomic E-state index is 0.0756. The highest BCUT2D eigenvalue weighted by Crippen LogP contribution is 2.18. The average Bonchev–Trinajstić information content (AvgIpc) is 2.36. The van der Waals surface area contributed by atoms with Gasteiger partial charge >= 0.3 is 12.0 Å². The first-order chi connectivity index (χ1) is 7.97. The van der Waals surface area contributed by atoms with Crippen LogP contribution in [0, 0.1) is 5.92 Å². The maximum Gasteiger partial charge on any atom is 0.320 e. The van der Waals surface area contributed by atoms with Crippen LogP contribution in [0.1, 0.15) is 19.8 Å². The van der Waals surface area contributed by atoms with Crippen molar-refractivity contribution in [3.8, 4) is 0 Å². The summed E-state index contributed by atoms with van der Waals surface area (Å²) >= 11 is 0. The van der Waals surface area contributed by atoms with E-state index >= 15 is 0 Å². The second-order valence-electron chi connectivity index (χ2n) is 4.52. The van der Waals surface area contributed by atoms with E-state index in [-0.39, 0.29) is 24.6 Å². The number of aliphatic hydroxyl groups excluding tert-OH is 1. The van der Waals surface area contributed by atoms with E-state index in [9.17, 15) is 9.59 Å². The highest BCUT2D eigenvalue weighted by Gasteiger charge is 2.29. The van der Waals surface area contributed by atoms with Gasteiger partial charge in [0.15, 0.2) is 0 Å². The van der Waals surface area contributed by atoms with Crippen molar-refractivity contribution in [2.75, 3.05) is 26.7 Å². The molecule has 1 aliphatic heterocycles. The normalized spacial score (nSPS) is 18.9. The first-order valence-corrected chi connectivity index (χ1v) is 5.82. The maximum absolute atomic E-state index is 12.0. The molecule has 2 N–H and O–H groups in total. The number of carbonyl (C=O) groups excluding carboxylic acids is 1. The monoisotopic (exact) mass is 244 g/mol. The number of aliphatic carboxylic acids is 1. The van der Waals surface area contributed by atoms with Crippen molar-refractivity contribution < 1.29 is 19.8 Å². The number of rotatable bonds is 3. The number of aliphatic hydroxyl groups is 1. The van der Waals surface area contributed by atoms with Gasteiger partial charge in [0.1, 0.15) is 0 Å². The Morgan fingerprint density at radius 1 is 1.41 bits per heavy atom. The van der Waals surface area contributed by atoms with Gasteiger partial charge in [0.25, 0.3) is 0 Å². The van der Waals surface area contributed by atoms with Gasteiger partial charge in [-0.25, -0.2) is 4.79 Å². The van der Waals surface area contributed by atoms with Gasteiger partial charge in [-0.3, -0.25) is 4.79 Å². The number of hydrogen-bond acceptors (Lipinski definition) is 3. The summed E-state index contributed by atoms with van der Waals surface area (Å²) in [7, 11) is 1.65. The fourth-order valence-corrected chi connectivity index (χ4v) is 1.85. The Morgan fingerprint density at radius 3 is 2.35 bits per heavy atom. The minimum Gasteiger partial charge on any atom is -0.481 e. The fourth-order valence-electron chi connectivity index (χ4n) is 1.85. The largest absolute Gasteiger partial charge is 0.481 e. The molecule has 17 heavy (non-hydrogen) atoms. The molecule has 0 radical (unpaired) electrons. The molecule has 1 heterocycles. The predicted octanol–water partition coefficient (Wildman–Crippen LogP) is 0.216. The third-order valence-electron chi connectivity index (χ3n) is 3.34. The molecule has 0 aromatic heterocycles. The Bertz CT molecular complexity index is 287. The molecule has 0 aromatic rings. The van der Waals surface area contributed by atoms with Crippen molar-refractivity contribution in [1.29, 1.82) is 0 Å². The second kappa shape index (κ2) is 5.86. The van der Waals surface area contributed by atoms with Crippen molar-refractivity contribution >= 4 is 12.0 Å².